The summed E-state index contributed by atoms with van der Waals surface area (Å²) in [7, 11) is 12.3. The predicted octanol–water partition coefficient (Wildman–Crippen LogP) is -0.994. The van der Waals surface area contributed by atoms with Crippen LogP contribution in [0.2, 0.25) is 0 Å². The smallest absolute Gasteiger partial charge is 0.146 e. The summed E-state index contributed by atoms with van der Waals surface area (Å²) in [6.45, 7) is 2.23. The Morgan fingerprint density at radius 1 is 0.812 bits per heavy atom. The Kier molecular flexibility index (Phi) is 13.1. The number of benzene rings is 2. The monoisotopic (exact) mass is 529 g/mol. The Morgan fingerprint density at radius 2 is 1.16 bits per heavy atom. The van der Waals surface area contributed by atoms with Crippen LogP contribution in [0.5, 0.6) is 0 Å². The molecular formula is C23H36BrN3O4S. The molecule has 0 radical (unpaired) electrons. The van der Waals surface area contributed by atoms with Crippen molar-refractivity contribution < 1.29 is 46.1 Å². The number of amides is 1. The number of nitrogens with zero attached hydrogens (tertiary/aromatic N) is 3. The number of carboxylic acid groups (broad SMARTS) is 1. The van der Waals surface area contributed by atoms with Crippen molar-refractivity contribution in [3.63, 3.8) is 0 Å². The van der Waals surface area contributed by atoms with Crippen LogP contribution in [-0.2, 0) is 0 Å². The Balaban J connectivity index is 0.000000541. The van der Waals surface area contributed by atoms with Gasteiger partial charge in [0, 0.05) is 9.79 Å². The number of para-hydroxylation sites is 2. The first kappa shape index (κ1) is 30.4. The Labute approximate surface area is 206 Å². The van der Waals surface area contributed by atoms with Gasteiger partial charge in [-0.3, -0.25) is 4.90 Å². The van der Waals surface area contributed by atoms with Gasteiger partial charge in [-0.05, 0) is 24.3 Å². The standard InChI is InChI=1S/C13H9NO2S.2C5H14NO.BrH/c15-13(16)14-9-5-1-3-7-11(9)17-12-8-4-2-6-10(12)14;2*1-6(2,3)4-5-7;/h1-8H,(H,15,16);2*7H,4-5H2,1-3H3;1H/q;2*+1;/p-2. The van der Waals surface area contributed by atoms with E-state index in [1.807, 2.05) is 36.4 Å². The molecule has 0 saturated carbocycles. The van der Waals surface area contributed by atoms with Gasteiger partial charge in [0.25, 0.3) is 0 Å². The zero-order valence-electron chi connectivity index (χ0n) is 19.8. The summed E-state index contributed by atoms with van der Waals surface area (Å²) in [4.78, 5) is 14.4. The highest BCUT2D eigenvalue weighted by atomic mass is 79.9. The second-order valence-corrected chi connectivity index (χ2v) is 10.2. The Hall–Kier alpha value is -1.62. The van der Waals surface area contributed by atoms with Crippen LogP contribution < -0.4 is 27.0 Å². The van der Waals surface area contributed by atoms with Crippen LogP contribution in [0.3, 0.4) is 0 Å². The van der Waals surface area contributed by atoms with E-state index in [1.54, 1.807) is 23.9 Å². The van der Waals surface area contributed by atoms with Gasteiger partial charge in [0.2, 0.25) is 0 Å². The van der Waals surface area contributed by atoms with E-state index in [-0.39, 0.29) is 30.2 Å². The van der Waals surface area contributed by atoms with E-state index in [9.17, 15) is 9.90 Å². The Bertz CT molecular complexity index is 777. The first-order valence-corrected chi connectivity index (χ1v) is 10.9. The van der Waals surface area contributed by atoms with Gasteiger partial charge >= 0.3 is 0 Å². The van der Waals surface area contributed by atoms with Gasteiger partial charge in [0.15, 0.2) is 0 Å². The summed E-state index contributed by atoms with van der Waals surface area (Å²) in [5, 5.41) is 28.1. The molecule has 0 unspecified atom stereocenters. The minimum absolute atomic E-state index is 0. The van der Waals surface area contributed by atoms with Crippen molar-refractivity contribution in [2.45, 2.75) is 9.79 Å². The van der Waals surface area contributed by atoms with E-state index in [0.717, 1.165) is 31.8 Å². The lowest BCUT2D eigenvalue weighted by Gasteiger charge is -2.32. The fraction of sp³-hybridized carbons (Fsp3) is 0.435. The van der Waals surface area contributed by atoms with E-state index >= 15 is 0 Å². The number of likely N-dealkylation sites (N-methyl/N-ethyl adjacent to an activating group) is 2. The summed E-state index contributed by atoms with van der Waals surface area (Å²) >= 11 is 1.57. The maximum Gasteiger partial charge on any atom is 0.146 e. The number of hydrogen-bond acceptors (Lipinski definition) is 5. The molecule has 7 nitrogen and oxygen atoms in total. The van der Waals surface area contributed by atoms with Crippen LogP contribution in [0.25, 0.3) is 0 Å². The van der Waals surface area contributed by atoms with Crippen molar-refractivity contribution in [1.29, 1.82) is 0 Å². The zero-order chi connectivity index (χ0) is 23.7. The minimum Gasteiger partial charge on any atom is -1.00 e. The highest BCUT2D eigenvalue weighted by Gasteiger charge is 2.23. The number of anilines is 2. The summed E-state index contributed by atoms with van der Waals surface area (Å²) in [6.07, 6.45) is -1.20. The van der Waals surface area contributed by atoms with E-state index in [1.165, 1.54) is 4.90 Å². The number of rotatable bonds is 4. The van der Waals surface area contributed by atoms with Gasteiger partial charge in [-0.15, -0.1) is 0 Å². The molecule has 0 spiro atoms. The highest BCUT2D eigenvalue weighted by molar-refractivity contribution is 7.99. The van der Waals surface area contributed by atoms with Crippen LogP contribution in [-0.4, -0.2) is 93.9 Å². The fourth-order valence-corrected chi connectivity index (χ4v) is 3.56. The highest BCUT2D eigenvalue weighted by Crippen LogP contribution is 2.47. The van der Waals surface area contributed by atoms with Gasteiger partial charge < -0.3 is 46.1 Å². The minimum atomic E-state index is -1.20. The van der Waals surface area contributed by atoms with E-state index in [0.29, 0.717) is 11.4 Å². The number of aliphatic hydroxyl groups excluding tert-OH is 2. The van der Waals surface area contributed by atoms with E-state index < -0.39 is 6.09 Å². The molecular weight excluding hydrogens is 494 g/mol. The lowest BCUT2D eigenvalue weighted by molar-refractivity contribution is -0.870. The van der Waals surface area contributed by atoms with E-state index in [2.05, 4.69) is 42.3 Å². The number of hydrogen-bond donors (Lipinski definition) is 2. The van der Waals surface area contributed by atoms with Gasteiger partial charge in [-0.2, -0.15) is 0 Å². The molecule has 0 bridgehead atoms. The van der Waals surface area contributed by atoms with Gasteiger partial charge in [0.05, 0.1) is 66.9 Å². The molecule has 1 aliphatic rings. The molecule has 0 fully saturated rings. The average Bonchev–Trinajstić information content (AvgIpc) is 2.65. The molecule has 0 saturated heterocycles. The summed E-state index contributed by atoms with van der Waals surface area (Å²) in [6, 6.07) is 14.8. The fourth-order valence-electron chi connectivity index (χ4n) is 2.50. The van der Waals surface area contributed by atoms with Gasteiger partial charge in [-0.25, -0.2) is 0 Å². The summed E-state index contributed by atoms with van der Waals surface area (Å²) < 4.78 is 1.69. The van der Waals surface area contributed by atoms with Crippen LogP contribution in [0.4, 0.5) is 16.2 Å². The van der Waals surface area contributed by atoms with Crippen LogP contribution in [0.1, 0.15) is 0 Å². The summed E-state index contributed by atoms with van der Waals surface area (Å²) in [5.74, 6) is 0. The van der Waals surface area contributed by atoms with Gasteiger partial charge in [0.1, 0.15) is 19.2 Å². The lowest BCUT2D eigenvalue weighted by atomic mass is 10.2. The normalized spacial score (nSPS) is 12.1. The van der Waals surface area contributed by atoms with Crippen molar-refractivity contribution in [3.05, 3.63) is 48.5 Å². The lowest BCUT2D eigenvalue weighted by Crippen LogP contribution is -3.00. The molecule has 1 amide bonds. The zero-order valence-corrected chi connectivity index (χ0v) is 22.2. The van der Waals surface area contributed by atoms with Crippen molar-refractivity contribution in [1.82, 2.24) is 0 Å². The molecule has 3 rings (SSSR count). The van der Waals surface area contributed by atoms with Crippen molar-refractivity contribution in [2.75, 3.05) is 73.5 Å². The number of carbonyl (C=O) groups is 1. The first-order valence-electron chi connectivity index (χ1n) is 10.1. The Morgan fingerprint density at radius 3 is 1.41 bits per heavy atom. The van der Waals surface area contributed by atoms with Crippen molar-refractivity contribution in [2.24, 2.45) is 0 Å². The predicted molar refractivity (Wildman–Crippen MR) is 125 cm³/mol. The summed E-state index contributed by atoms with van der Waals surface area (Å²) in [5.41, 5.74) is 1.33. The molecule has 180 valence electrons. The molecule has 1 heterocycles. The van der Waals surface area contributed by atoms with Crippen molar-refractivity contribution in [3.8, 4) is 0 Å². The van der Waals surface area contributed by atoms with Crippen LogP contribution in [0.15, 0.2) is 58.3 Å². The molecule has 2 aromatic rings. The number of aliphatic hydroxyl groups is 2. The van der Waals surface area contributed by atoms with Crippen LogP contribution >= 0.6 is 11.8 Å². The molecule has 9 heteroatoms. The number of quaternary nitrogens is 2. The molecule has 0 aliphatic carbocycles. The maximum absolute atomic E-state index is 11.3. The second-order valence-electron chi connectivity index (χ2n) is 9.11. The maximum atomic E-state index is 11.3. The van der Waals surface area contributed by atoms with Crippen LogP contribution in [0, 0.1) is 0 Å². The molecule has 1 aliphatic heterocycles. The average molecular weight is 531 g/mol. The number of carbonyl (C=O) groups excluding carboxylic acids is 1. The van der Waals surface area contributed by atoms with Crippen molar-refractivity contribution >= 4 is 29.2 Å². The third-order valence-electron chi connectivity index (χ3n) is 4.16. The molecule has 2 N–H and O–H groups in total. The largest absolute Gasteiger partial charge is 1.00 e. The number of fused-ring (bicyclic) bond motifs is 2. The third kappa shape index (κ3) is 10.8. The third-order valence-corrected chi connectivity index (χ3v) is 5.29. The second kappa shape index (κ2) is 13.8. The SMILES string of the molecule is C[N+](C)(C)CCO.C[N+](C)(C)CCO.O=C([O-])N1c2ccccc2Sc2ccccc21.[Br-]. The van der Waals surface area contributed by atoms with E-state index in [4.69, 9.17) is 10.2 Å². The topological polar surface area (TPSA) is 83.8 Å². The quantitative estimate of drug-likeness (QED) is 0.496. The molecule has 32 heavy (non-hydrogen) atoms. The number of halogens is 1. The molecule has 0 aromatic heterocycles. The molecule has 2 aromatic carbocycles. The molecule has 0 atom stereocenters. The van der Waals surface area contributed by atoms with Gasteiger partial charge in [-0.1, -0.05) is 36.0 Å². The first-order chi connectivity index (χ1) is 14.4.